The molecule has 4 atom stereocenters. The van der Waals surface area contributed by atoms with E-state index in [4.69, 9.17) is 5.73 Å². The van der Waals surface area contributed by atoms with Gasteiger partial charge >= 0.3 is 0 Å². The van der Waals surface area contributed by atoms with Crippen LogP contribution in [0, 0.1) is 17.8 Å². The summed E-state index contributed by atoms with van der Waals surface area (Å²) in [7, 11) is 2.09. The van der Waals surface area contributed by atoms with Crippen LogP contribution in [0.5, 0.6) is 0 Å². The second-order valence-corrected chi connectivity index (χ2v) is 6.84. The molecule has 1 aromatic carbocycles. The summed E-state index contributed by atoms with van der Waals surface area (Å²) in [5, 5.41) is 3.10. The summed E-state index contributed by atoms with van der Waals surface area (Å²) < 4.78 is 0. The highest BCUT2D eigenvalue weighted by Gasteiger charge is 2.48. The van der Waals surface area contributed by atoms with Crippen molar-refractivity contribution in [2.24, 2.45) is 23.5 Å². The minimum atomic E-state index is 0. The molecule has 6 heteroatoms. The van der Waals surface area contributed by atoms with Crippen LogP contribution in [0.2, 0.25) is 0 Å². The molecule has 1 amide bonds. The highest BCUT2D eigenvalue weighted by molar-refractivity contribution is 5.85. The zero-order valence-electron chi connectivity index (χ0n) is 14.2. The van der Waals surface area contributed by atoms with Crippen molar-refractivity contribution in [1.29, 1.82) is 0 Å². The Morgan fingerprint density at radius 1 is 1.21 bits per heavy atom. The molecular formula is C18H29Cl2N3O. The van der Waals surface area contributed by atoms with Gasteiger partial charge in [-0.05, 0) is 49.7 Å². The molecule has 4 nitrogen and oxygen atoms in total. The first-order valence-electron chi connectivity index (χ1n) is 8.46. The SMILES string of the molecule is CN(CCCNC(=O)C1C2CCC(C2)C1N)c1ccccc1.Cl.Cl. The number of anilines is 1. The minimum Gasteiger partial charge on any atom is -0.375 e. The first-order valence-corrected chi connectivity index (χ1v) is 8.46. The number of benzene rings is 1. The van der Waals surface area contributed by atoms with E-state index in [0.717, 1.165) is 25.9 Å². The Bertz CT molecular complexity index is 512. The summed E-state index contributed by atoms with van der Waals surface area (Å²) in [4.78, 5) is 14.6. The standard InChI is InChI=1S/C18H27N3O.2ClH/c1-21(15-6-3-2-4-7-15)11-5-10-20-18(22)16-13-8-9-14(12-13)17(16)19;;/h2-4,6-7,13-14,16-17H,5,8-12,19H2,1H3,(H,20,22);2*1H. The van der Waals surface area contributed by atoms with Gasteiger partial charge in [-0.25, -0.2) is 0 Å². The lowest BCUT2D eigenvalue weighted by atomic mass is 9.84. The lowest BCUT2D eigenvalue weighted by Gasteiger charge is -2.27. The second-order valence-electron chi connectivity index (χ2n) is 6.84. The van der Waals surface area contributed by atoms with Crippen LogP contribution >= 0.6 is 24.8 Å². The van der Waals surface area contributed by atoms with Crippen molar-refractivity contribution in [1.82, 2.24) is 5.32 Å². The number of hydrogen-bond acceptors (Lipinski definition) is 3. The Hall–Kier alpha value is -0.970. The largest absolute Gasteiger partial charge is 0.375 e. The number of nitrogens with one attached hydrogen (secondary N) is 1. The van der Waals surface area contributed by atoms with Crippen molar-refractivity contribution in [3.63, 3.8) is 0 Å². The van der Waals surface area contributed by atoms with E-state index in [0.29, 0.717) is 11.8 Å². The fourth-order valence-electron chi connectivity index (χ4n) is 4.18. The van der Waals surface area contributed by atoms with Gasteiger partial charge in [-0.15, -0.1) is 24.8 Å². The van der Waals surface area contributed by atoms with Gasteiger partial charge in [0.2, 0.25) is 5.91 Å². The molecule has 136 valence electrons. The first kappa shape index (κ1) is 21.1. The highest BCUT2D eigenvalue weighted by atomic mass is 35.5. The van der Waals surface area contributed by atoms with Crippen LogP contribution < -0.4 is 16.0 Å². The summed E-state index contributed by atoms with van der Waals surface area (Å²) >= 11 is 0. The monoisotopic (exact) mass is 373 g/mol. The Morgan fingerprint density at radius 3 is 2.50 bits per heavy atom. The summed E-state index contributed by atoms with van der Waals surface area (Å²) in [6, 6.07) is 10.4. The van der Waals surface area contributed by atoms with E-state index >= 15 is 0 Å². The predicted octanol–water partition coefficient (Wildman–Crippen LogP) is 2.85. The third-order valence-electron chi connectivity index (χ3n) is 5.45. The minimum absolute atomic E-state index is 0. The van der Waals surface area contributed by atoms with Crippen LogP contribution in [0.1, 0.15) is 25.7 Å². The Labute approximate surface area is 157 Å². The lowest BCUT2D eigenvalue weighted by Crippen LogP contribution is -2.45. The number of nitrogens with zero attached hydrogens (tertiary/aromatic N) is 1. The number of carbonyl (C=O) groups excluding carboxylic acids is 1. The van der Waals surface area contributed by atoms with Crippen LogP contribution in [0.4, 0.5) is 5.69 Å². The van der Waals surface area contributed by atoms with Crippen LogP contribution in [0.25, 0.3) is 0 Å². The number of fused-ring (bicyclic) bond motifs is 2. The molecular weight excluding hydrogens is 345 g/mol. The first-order chi connectivity index (χ1) is 10.7. The number of carbonyl (C=O) groups is 1. The molecule has 3 rings (SSSR count). The van der Waals surface area contributed by atoms with Gasteiger partial charge in [0, 0.05) is 31.9 Å². The van der Waals surface area contributed by atoms with Crippen molar-refractivity contribution < 1.29 is 4.79 Å². The van der Waals surface area contributed by atoms with Crippen molar-refractivity contribution in [3.8, 4) is 0 Å². The number of halogens is 2. The Morgan fingerprint density at radius 2 is 1.88 bits per heavy atom. The third kappa shape index (κ3) is 4.56. The molecule has 4 unspecified atom stereocenters. The van der Waals surface area contributed by atoms with Crippen molar-refractivity contribution in [3.05, 3.63) is 30.3 Å². The molecule has 0 aliphatic heterocycles. The molecule has 1 aromatic rings. The summed E-state index contributed by atoms with van der Waals surface area (Å²) in [6.45, 7) is 1.67. The van der Waals surface area contributed by atoms with E-state index in [2.05, 4.69) is 29.4 Å². The van der Waals surface area contributed by atoms with Gasteiger partial charge in [0.05, 0.1) is 5.92 Å². The molecule has 0 aromatic heterocycles. The topological polar surface area (TPSA) is 58.4 Å². The van der Waals surface area contributed by atoms with Crippen molar-refractivity contribution in [2.45, 2.75) is 31.7 Å². The van der Waals surface area contributed by atoms with Crippen molar-refractivity contribution >= 4 is 36.4 Å². The number of amides is 1. The lowest BCUT2D eigenvalue weighted by molar-refractivity contribution is -0.127. The maximum atomic E-state index is 12.4. The number of nitrogens with two attached hydrogens (primary N) is 1. The molecule has 2 aliphatic carbocycles. The van der Waals surface area contributed by atoms with Gasteiger partial charge < -0.3 is 16.0 Å². The third-order valence-corrected chi connectivity index (χ3v) is 5.45. The Kier molecular flexibility index (Phi) is 8.34. The second kappa shape index (κ2) is 9.50. The van der Waals surface area contributed by atoms with Crippen LogP contribution in [-0.2, 0) is 4.79 Å². The molecule has 0 spiro atoms. The molecule has 0 saturated heterocycles. The van der Waals surface area contributed by atoms with Crippen LogP contribution in [0.15, 0.2) is 30.3 Å². The zero-order chi connectivity index (χ0) is 15.5. The maximum absolute atomic E-state index is 12.4. The Balaban J connectivity index is 0.00000144. The van der Waals surface area contributed by atoms with Gasteiger partial charge in [-0.3, -0.25) is 4.79 Å². The van der Waals surface area contributed by atoms with Gasteiger partial charge in [0.15, 0.2) is 0 Å². The average Bonchev–Trinajstić information content (AvgIpc) is 3.13. The van der Waals surface area contributed by atoms with Crippen molar-refractivity contribution in [2.75, 3.05) is 25.0 Å². The van der Waals surface area contributed by atoms with Gasteiger partial charge in [-0.1, -0.05) is 18.2 Å². The fourth-order valence-corrected chi connectivity index (χ4v) is 4.18. The van der Waals surface area contributed by atoms with Gasteiger partial charge in [0.1, 0.15) is 0 Å². The van der Waals surface area contributed by atoms with E-state index in [-0.39, 0.29) is 42.7 Å². The molecule has 3 N–H and O–H groups in total. The van der Waals surface area contributed by atoms with Gasteiger partial charge in [-0.2, -0.15) is 0 Å². The quantitative estimate of drug-likeness (QED) is 0.753. The molecule has 0 radical (unpaired) electrons. The van der Waals surface area contributed by atoms with Crippen LogP contribution in [-0.4, -0.2) is 32.1 Å². The number of para-hydroxylation sites is 1. The van der Waals surface area contributed by atoms with E-state index < -0.39 is 0 Å². The molecule has 2 aliphatic rings. The van der Waals surface area contributed by atoms with Crippen LogP contribution in [0.3, 0.4) is 0 Å². The summed E-state index contributed by atoms with van der Waals surface area (Å²) in [5.74, 6) is 1.37. The van der Waals surface area contributed by atoms with E-state index in [1.165, 1.54) is 18.5 Å². The smallest absolute Gasteiger partial charge is 0.224 e. The molecule has 2 bridgehead atoms. The number of hydrogen-bond donors (Lipinski definition) is 2. The summed E-state index contributed by atoms with van der Waals surface area (Å²) in [6.07, 6.45) is 4.52. The fraction of sp³-hybridized carbons (Fsp3) is 0.611. The molecule has 0 heterocycles. The average molecular weight is 374 g/mol. The molecule has 2 fully saturated rings. The molecule has 2 saturated carbocycles. The highest BCUT2D eigenvalue weighted by Crippen LogP contribution is 2.47. The maximum Gasteiger partial charge on any atom is 0.224 e. The van der Waals surface area contributed by atoms with E-state index in [1.807, 2.05) is 18.2 Å². The van der Waals surface area contributed by atoms with E-state index in [9.17, 15) is 4.79 Å². The molecule has 24 heavy (non-hydrogen) atoms. The zero-order valence-corrected chi connectivity index (χ0v) is 15.8. The normalized spacial score (nSPS) is 27.1. The summed E-state index contributed by atoms with van der Waals surface area (Å²) in [5.41, 5.74) is 7.44. The number of rotatable bonds is 6. The van der Waals surface area contributed by atoms with Gasteiger partial charge in [0.25, 0.3) is 0 Å². The van der Waals surface area contributed by atoms with E-state index in [1.54, 1.807) is 0 Å². The predicted molar refractivity (Wildman–Crippen MR) is 104 cm³/mol.